The molecule has 0 spiro atoms. The third kappa shape index (κ3) is 3.24. The minimum absolute atomic E-state index is 0.441. The third-order valence-electron chi connectivity index (χ3n) is 3.30. The van der Waals surface area contributed by atoms with Crippen LogP contribution < -0.4 is 0 Å². The number of aryl methyl sites for hydroxylation is 1. The van der Waals surface area contributed by atoms with Gasteiger partial charge in [0, 0.05) is 27.5 Å². The van der Waals surface area contributed by atoms with E-state index in [9.17, 15) is 0 Å². The van der Waals surface area contributed by atoms with Crippen molar-refractivity contribution in [3.63, 3.8) is 0 Å². The zero-order valence-corrected chi connectivity index (χ0v) is 15.1. The second-order valence-corrected chi connectivity index (χ2v) is 7.06. The molecule has 0 aliphatic heterocycles. The molecule has 0 aliphatic rings. The van der Waals surface area contributed by atoms with Gasteiger partial charge in [-0.15, -0.1) is 11.6 Å². The largest absolute Gasteiger partial charge is 0.261 e. The average molecular weight is 394 g/mol. The van der Waals surface area contributed by atoms with Crippen molar-refractivity contribution in [3.05, 3.63) is 64.6 Å². The van der Waals surface area contributed by atoms with Crippen LogP contribution in [0, 0.1) is 0 Å². The smallest absolute Gasteiger partial charge is 0.103 e. The van der Waals surface area contributed by atoms with E-state index in [4.69, 9.17) is 11.6 Å². The number of hydrogen-bond acceptors (Lipinski definition) is 2. The first-order chi connectivity index (χ1) is 10.7. The number of benzene rings is 2. The Bertz CT molecular complexity index is 769. The molecule has 2 nitrogen and oxygen atoms in total. The molecule has 0 N–H and O–H groups in total. The predicted molar refractivity (Wildman–Crippen MR) is 96.5 cm³/mol. The van der Waals surface area contributed by atoms with Crippen LogP contribution in [0.4, 0.5) is 0 Å². The molecule has 3 rings (SSSR count). The Balaban J connectivity index is 2.01. The van der Waals surface area contributed by atoms with E-state index in [2.05, 4.69) is 45.3 Å². The molecule has 5 heteroatoms. The van der Waals surface area contributed by atoms with Crippen LogP contribution >= 0.6 is 39.3 Å². The van der Waals surface area contributed by atoms with Gasteiger partial charge in [0.05, 0.1) is 11.6 Å². The van der Waals surface area contributed by atoms with E-state index in [-0.39, 0.29) is 0 Å². The lowest BCUT2D eigenvalue weighted by atomic mass is 10.1. The van der Waals surface area contributed by atoms with Crippen LogP contribution in [0.15, 0.2) is 69.0 Å². The summed E-state index contributed by atoms with van der Waals surface area (Å²) >= 11 is 11.4. The number of hydrogen-bond donors (Lipinski definition) is 0. The molecule has 0 saturated carbocycles. The van der Waals surface area contributed by atoms with E-state index in [1.54, 1.807) is 11.8 Å². The fourth-order valence-electron chi connectivity index (χ4n) is 2.24. The van der Waals surface area contributed by atoms with Gasteiger partial charge in [0.25, 0.3) is 0 Å². The molecule has 22 heavy (non-hydrogen) atoms. The third-order valence-corrected chi connectivity index (χ3v) is 5.30. The van der Waals surface area contributed by atoms with Gasteiger partial charge in [-0.05, 0) is 24.3 Å². The van der Waals surface area contributed by atoms with Gasteiger partial charge in [-0.1, -0.05) is 58.0 Å². The van der Waals surface area contributed by atoms with Crippen molar-refractivity contribution >= 4 is 39.3 Å². The first-order valence-electron chi connectivity index (χ1n) is 6.79. The van der Waals surface area contributed by atoms with Crippen molar-refractivity contribution in [2.45, 2.75) is 15.8 Å². The number of nitrogens with zero attached hydrogens (tertiary/aromatic N) is 2. The van der Waals surface area contributed by atoms with Gasteiger partial charge in [-0.3, -0.25) is 4.68 Å². The van der Waals surface area contributed by atoms with E-state index < -0.39 is 0 Å². The first-order valence-corrected chi connectivity index (χ1v) is 8.94. The summed E-state index contributed by atoms with van der Waals surface area (Å²) < 4.78 is 2.98. The number of rotatable bonds is 4. The molecule has 0 atom stereocenters. The molecular formula is C17H14BrClN2S. The van der Waals surface area contributed by atoms with Crippen LogP contribution in [0.2, 0.25) is 0 Å². The van der Waals surface area contributed by atoms with Gasteiger partial charge in [0.15, 0.2) is 0 Å². The molecule has 2 aromatic carbocycles. The van der Waals surface area contributed by atoms with Crippen LogP contribution in [0.3, 0.4) is 0 Å². The van der Waals surface area contributed by atoms with Crippen LogP contribution in [0.25, 0.3) is 11.3 Å². The second kappa shape index (κ2) is 6.90. The molecule has 1 heterocycles. The summed E-state index contributed by atoms with van der Waals surface area (Å²) in [7, 11) is 1.96. The predicted octanol–water partition coefficient (Wildman–Crippen LogP) is 5.74. The highest BCUT2D eigenvalue weighted by Gasteiger charge is 2.17. The summed E-state index contributed by atoms with van der Waals surface area (Å²) in [5.74, 6) is 0.441. The monoisotopic (exact) mass is 392 g/mol. The Morgan fingerprint density at radius 2 is 1.77 bits per heavy atom. The minimum atomic E-state index is 0.441. The number of aromatic nitrogens is 2. The highest BCUT2D eigenvalue weighted by atomic mass is 79.9. The Morgan fingerprint density at radius 1 is 1.09 bits per heavy atom. The van der Waals surface area contributed by atoms with Crippen molar-refractivity contribution in [1.82, 2.24) is 9.78 Å². The molecule has 0 saturated heterocycles. The lowest BCUT2D eigenvalue weighted by molar-refractivity contribution is 0.697. The standard InChI is InChI=1S/C17H14BrClN2S/c1-21-17(22-14-9-7-13(18)8-10-14)15(11-19)16(20-21)12-5-3-2-4-6-12/h2-10H,11H2,1H3. The Morgan fingerprint density at radius 3 is 2.41 bits per heavy atom. The Hall–Kier alpha value is -1.23. The van der Waals surface area contributed by atoms with E-state index in [0.29, 0.717) is 5.88 Å². The number of alkyl halides is 1. The molecule has 0 unspecified atom stereocenters. The molecule has 112 valence electrons. The molecule has 0 aliphatic carbocycles. The summed E-state index contributed by atoms with van der Waals surface area (Å²) in [6.07, 6.45) is 0. The van der Waals surface area contributed by atoms with Crippen LogP contribution in [-0.2, 0) is 12.9 Å². The molecule has 0 radical (unpaired) electrons. The normalized spacial score (nSPS) is 10.9. The highest BCUT2D eigenvalue weighted by Crippen LogP contribution is 2.36. The quantitative estimate of drug-likeness (QED) is 0.526. The summed E-state index contributed by atoms with van der Waals surface area (Å²) in [6.45, 7) is 0. The van der Waals surface area contributed by atoms with Gasteiger partial charge in [-0.25, -0.2) is 0 Å². The fraction of sp³-hybridized carbons (Fsp3) is 0.118. The summed E-state index contributed by atoms with van der Waals surface area (Å²) in [6, 6.07) is 18.4. The van der Waals surface area contributed by atoms with Crippen molar-refractivity contribution < 1.29 is 0 Å². The lowest BCUT2D eigenvalue weighted by Gasteiger charge is -2.05. The number of halogens is 2. The molecular weight excluding hydrogens is 380 g/mol. The topological polar surface area (TPSA) is 17.8 Å². The molecule has 1 aromatic heterocycles. The maximum Gasteiger partial charge on any atom is 0.103 e. The average Bonchev–Trinajstić information content (AvgIpc) is 2.86. The van der Waals surface area contributed by atoms with E-state index in [1.807, 2.05) is 42.1 Å². The maximum atomic E-state index is 6.22. The zero-order valence-electron chi connectivity index (χ0n) is 12.0. The first kappa shape index (κ1) is 15.7. The van der Waals surface area contributed by atoms with Gasteiger partial charge in [-0.2, -0.15) is 5.10 Å². The van der Waals surface area contributed by atoms with E-state index in [1.165, 1.54) is 0 Å². The van der Waals surface area contributed by atoms with Crippen molar-refractivity contribution in [2.75, 3.05) is 0 Å². The van der Waals surface area contributed by atoms with Crippen molar-refractivity contribution in [3.8, 4) is 11.3 Å². The SMILES string of the molecule is Cn1nc(-c2ccccc2)c(CCl)c1Sc1ccc(Br)cc1. The van der Waals surface area contributed by atoms with Crippen LogP contribution in [0.1, 0.15) is 5.56 Å². The molecule has 3 aromatic rings. The van der Waals surface area contributed by atoms with Crippen LogP contribution in [-0.4, -0.2) is 9.78 Å². The van der Waals surface area contributed by atoms with E-state index in [0.717, 1.165) is 31.2 Å². The minimum Gasteiger partial charge on any atom is -0.261 e. The summed E-state index contributed by atoms with van der Waals surface area (Å²) in [5.41, 5.74) is 3.12. The van der Waals surface area contributed by atoms with Crippen molar-refractivity contribution in [2.24, 2.45) is 7.05 Å². The lowest BCUT2D eigenvalue weighted by Crippen LogP contribution is -1.93. The van der Waals surface area contributed by atoms with Gasteiger partial charge >= 0.3 is 0 Å². The van der Waals surface area contributed by atoms with Gasteiger partial charge in [0.2, 0.25) is 0 Å². The second-order valence-electron chi connectivity index (χ2n) is 4.81. The zero-order chi connectivity index (χ0) is 15.5. The molecule has 0 fully saturated rings. The fourth-order valence-corrected chi connectivity index (χ4v) is 3.80. The summed E-state index contributed by atoms with van der Waals surface area (Å²) in [4.78, 5) is 1.16. The van der Waals surface area contributed by atoms with Crippen molar-refractivity contribution in [1.29, 1.82) is 0 Å². The summed E-state index contributed by atoms with van der Waals surface area (Å²) in [5, 5.41) is 5.75. The molecule has 0 amide bonds. The highest BCUT2D eigenvalue weighted by molar-refractivity contribution is 9.10. The Kier molecular flexibility index (Phi) is 4.91. The van der Waals surface area contributed by atoms with Crippen LogP contribution in [0.5, 0.6) is 0 Å². The van der Waals surface area contributed by atoms with E-state index >= 15 is 0 Å². The van der Waals surface area contributed by atoms with Gasteiger partial charge in [0.1, 0.15) is 5.03 Å². The Labute approximate surface area is 147 Å². The molecule has 0 bridgehead atoms. The van der Waals surface area contributed by atoms with Gasteiger partial charge < -0.3 is 0 Å². The maximum absolute atomic E-state index is 6.22.